The summed E-state index contributed by atoms with van der Waals surface area (Å²) in [5.41, 5.74) is 1.39. The molecule has 0 aliphatic carbocycles. The molecule has 3 rings (SSSR count). The van der Waals surface area contributed by atoms with Crippen LogP contribution in [0.2, 0.25) is 0 Å². The standard InChI is InChI=1S/C17H23N3O/c1-19-10-9-18-17(19)14-20-11-12-21-16(13-20)8-7-15-5-3-2-4-6-15/h2-6,9-10,16H,7-8,11-14H2,1H3/t16-/m1/s1. The molecule has 1 aromatic heterocycles. The highest BCUT2D eigenvalue weighted by Crippen LogP contribution is 2.14. The SMILES string of the molecule is Cn1ccnc1CN1CCO[C@H](CCc2ccccc2)C1. The van der Waals surface area contributed by atoms with Crippen LogP contribution in [-0.2, 0) is 24.8 Å². The number of morpholine rings is 1. The number of benzene rings is 1. The first kappa shape index (κ1) is 14.3. The minimum Gasteiger partial charge on any atom is -0.376 e. The number of nitrogens with zero attached hydrogens (tertiary/aromatic N) is 3. The molecule has 112 valence electrons. The molecule has 0 amide bonds. The number of aromatic nitrogens is 2. The molecule has 2 aromatic rings. The van der Waals surface area contributed by atoms with Crippen LogP contribution >= 0.6 is 0 Å². The molecule has 4 heteroatoms. The maximum atomic E-state index is 5.91. The van der Waals surface area contributed by atoms with Crippen LogP contribution in [0, 0.1) is 0 Å². The average Bonchev–Trinajstić information content (AvgIpc) is 2.92. The molecule has 1 fully saturated rings. The van der Waals surface area contributed by atoms with Gasteiger partial charge in [-0.2, -0.15) is 0 Å². The smallest absolute Gasteiger partial charge is 0.122 e. The summed E-state index contributed by atoms with van der Waals surface area (Å²) in [5.74, 6) is 1.12. The Bertz CT molecular complexity index is 552. The molecule has 1 aromatic carbocycles. The van der Waals surface area contributed by atoms with Gasteiger partial charge in [0.2, 0.25) is 0 Å². The van der Waals surface area contributed by atoms with Gasteiger partial charge >= 0.3 is 0 Å². The third-order valence-electron chi connectivity index (χ3n) is 4.11. The van der Waals surface area contributed by atoms with Crippen molar-refractivity contribution in [3.63, 3.8) is 0 Å². The molecule has 1 aliphatic rings. The van der Waals surface area contributed by atoms with Crippen LogP contribution in [0.15, 0.2) is 42.7 Å². The molecule has 1 aliphatic heterocycles. The van der Waals surface area contributed by atoms with Gasteiger partial charge in [-0.25, -0.2) is 4.98 Å². The van der Waals surface area contributed by atoms with Crippen LogP contribution in [0.3, 0.4) is 0 Å². The summed E-state index contributed by atoms with van der Waals surface area (Å²) in [6.45, 7) is 3.73. The summed E-state index contributed by atoms with van der Waals surface area (Å²) in [7, 11) is 2.05. The van der Waals surface area contributed by atoms with Gasteiger partial charge in [0.25, 0.3) is 0 Å². The molecule has 0 spiro atoms. The Morgan fingerprint density at radius 3 is 2.90 bits per heavy atom. The molecule has 0 N–H and O–H groups in total. The summed E-state index contributed by atoms with van der Waals surface area (Å²) in [6.07, 6.45) is 6.37. The average molecular weight is 285 g/mol. The summed E-state index contributed by atoms with van der Waals surface area (Å²) in [5, 5.41) is 0. The second kappa shape index (κ2) is 6.87. The second-order valence-corrected chi connectivity index (χ2v) is 5.71. The van der Waals surface area contributed by atoms with Crippen molar-refractivity contribution < 1.29 is 4.74 Å². The second-order valence-electron chi connectivity index (χ2n) is 5.71. The summed E-state index contributed by atoms with van der Waals surface area (Å²) in [6, 6.07) is 10.6. The van der Waals surface area contributed by atoms with E-state index in [0.29, 0.717) is 6.10 Å². The first-order valence-electron chi connectivity index (χ1n) is 7.65. The third-order valence-corrected chi connectivity index (χ3v) is 4.11. The summed E-state index contributed by atoms with van der Waals surface area (Å²) < 4.78 is 8.00. The Morgan fingerprint density at radius 2 is 2.14 bits per heavy atom. The normalized spacial score (nSPS) is 19.8. The lowest BCUT2D eigenvalue weighted by Gasteiger charge is -2.32. The van der Waals surface area contributed by atoms with Crippen molar-refractivity contribution in [3.8, 4) is 0 Å². The van der Waals surface area contributed by atoms with E-state index in [1.165, 1.54) is 5.56 Å². The predicted molar refractivity (Wildman–Crippen MR) is 83.0 cm³/mol. The van der Waals surface area contributed by atoms with Gasteiger partial charge in [-0.3, -0.25) is 4.90 Å². The highest BCUT2D eigenvalue weighted by Gasteiger charge is 2.21. The van der Waals surface area contributed by atoms with E-state index in [-0.39, 0.29) is 0 Å². The molecule has 1 saturated heterocycles. The Morgan fingerprint density at radius 1 is 1.29 bits per heavy atom. The van der Waals surface area contributed by atoms with E-state index >= 15 is 0 Å². The van der Waals surface area contributed by atoms with Crippen molar-refractivity contribution in [2.75, 3.05) is 19.7 Å². The lowest BCUT2D eigenvalue weighted by atomic mass is 10.1. The first-order chi connectivity index (χ1) is 10.3. The summed E-state index contributed by atoms with van der Waals surface area (Å²) >= 11 is 0. The highest BCUT2D eigenvalue weighted by molar-refractivity contribution is 5.14. The van der Waals surface area contributed by atoms with Gasteiger partial charge in [0.15, 0.2) is 0 Å². The number of ether oxygens (including phenoxy) is 1. The Hall–Kier alpha value is -1.65. The minimum absolute atomic E-state index is 0.333. The van der Waals surface area contributed by atoms with Crippen molar-refractivity contribution in [1.82, 2.24) is 14.5 Å². The predicted octanol–water partition coefficient (Wildman–Crippen LogP) is 2.25. The number of rotatable bonds is 5. The topological polar surface area (TPSA) is 30.3 Å². The van der Waals surface area contributed by atoms with Gasteiger partial charge in [-0.1, -0.05) is 30.3 Å². The van der Waals surface area contributed by atoms with Gasteiger partial charge in [0, 0.05) is 32.5 Å². The number of hydrogen-bond donors (Lipinski definition) is 0. The fourth-order valence-corrected chi connectivity index (χ4v) is 2.82. The lowest BCUT2D eigenvalue weighted by Crippen LogP contribution is -2.42. The number of aryl methyl sites for hydroxylation is 2. The monoisotopic (exact) mass is 285 g/mol. The van der Waals surface area contributed by atoms with Crippen molar-refractivity contribution in [2.24, 2.45) is 7.05 Å². The van der Waals surface area contributed by atoms with Crippen LogP contribution in [0.4, 0.5) is 0 Å². The van der Waals surface area contributed by atoms with Crippen LogP contribution in [0.5, 0.6) is 0 Å². The van der Waals surface area contributed by atoms with Crippen molar-refractivity contribution in [2.45, 2.75) is 25.5 Å². The van der Waals surface area contributed by atoms with E-state index < -0.39 is 0 Å². The number of hydrogen-bond acceptors (Lipinski definition) is 3. The van der Waals surface area contributed by atoms with E-state index in [1.54, 1.807) is 0 Å². The van der Waals surface area contributed by atoms with Gasteiger partial charge in [-0.15, -0.1) is 0 Å². The highest BCUT2D eigenvalue weighted by atomic mass is 16.5. The van der Waals surface area contributed by atoms with Crippen LogP contribution in [0.25, 0.3) is 0 Å². The van der Waals surface area contributed by atoms with Crippen LogP contribution in [0.1, 0.15) is 17.8 Å². The third kappa shape index (κ3) is 3.93. The van der Waals surface area contributed by atoms with Crippen molar-refractivity contribution in [3.05, 3.63) is 54.1 Å². The molecular formula is C17H23N3O. The van der Waals surface area contributed by atoms with Gasteiger partial charge in [0.1, 0.15) is 5.82 Å². The van der Waals surface area contributed by atoms with E-state index in [2.05, 4.69) is 51.8 Å². The fraction of sp³-hybridized carbons (Fsp3) is 0.471. The molecule has 0 unspecified atom stereocenters. The largest absolute Gasteiger partial charge is 0.376 e. The molecule has 1 atom stereocenters. The molecular weight excluding hydrogens is 262 g/mol. The van der Waals surface area contributed by atoms with Gasteiger partial charge < -0.3 is 9.30 Å². The Kier molecular flexibility index (Phi) is 4.68. The zero-order valence-corrected chi connectivity index (χ0v) is 12.6. The van der Waals surface area contributed by atoms with Crippen molar-refractivity contribution >= 4 is 0 Å². The Labute approximate surface area is 126 Å². The van der Waals surface area contributed by atoms with Gasteiger partial charge in [0.05, 0.1) is 19.3 Å². The van der Waals surface area contributed by atoms with E-state index in [9.17, 15) is 0 Å². The molecule has 0 saturated carbocycles. The van der Waals surface area contributed by atoms with Crippen molar-refractivity contribution in [1.29, 1.82) is 0 Å². The molecule has 21 heavy (non-hydrogen) atoms. The maximum absolute atomic E-state index is 5.91. The maximum Gasteiger partial charge on any atom is 0.122 e. The van der Waals surface area contributed by atoms with Gasteiger partial charge in [-0.05, 0) is 18.4 Å². The molecule has 4 nitrogen and oxygen atoms in total. The zero-order chi connectivity index (χ0) is 14.5. The summed E-state index contributed by atoms with van der Waals surface area (Å²) in [4.78, 5) is 6.85. The molecule has 0 radical (unpaired) electrons. The van der Waals surface area contributed by atoms with Crippen LogP contribution in [-0.4, -0.2) is 40.3 Å². The van der Waals surface area contributed by atoms with E-state index in [0.717, 1.165) is 44.9 Å². The minimum atomic E-state index is 0.333. The van der Waals surface area contributed by atoms with E-state index in [1.807, 2.05) is 12.4 Å². The lowest BCUT2D eigenvalue weighted by molar-refractivity contribution is -0.0355. The molecule has 0 bridgehead atoms. The first-order valence-corrected chi connectivity index (χ1v) is 7.65. The van der Waals surface area contributed by atoms with E-state index in [4.69, 9.17) is 4.74 Å². The quantitative estimate of drug-likeness (QED) is 0.844. The fourth-order valence-electron chi connectivity index (χ4n) is 2.82. The zero-order valence-electron chi connectivity index (χ0n) is 12.6. The van der Waals surface area contributed by atoms with Crippen LogP contribution < -0.4 is 0 Å². The Balaban J connectivity index is 1.50. The molecule has 2 heterocycles. The number of imidazole rings is 1.